The molecule has 0 unspecified atom stereocenters. The second-order valence-corrected chi connectivity index (χ2v) is 6.70. The molecule has 0 saturated carbocycles. The maximum absolute atomic E-state index is 12.6. The number of amides is 1. The van der Waals surface area contributed by atoms with E-state index in [0.29, 0.717) is 5.82 Å². The van der Waals surface area contributed by atoms with Crippen molar-refractivity contribution in [2.45, 2.75) is 25.7 Å². The zero-order valence-electron chi connectivity index (χ0n) is 15.9. The van der Waals surface area contributed by atoms with Gasteiger partial charge >= 0.3 is 5.97 Å². The Morgan fingerprint density at radius 3 is 2.83 bits per heavy atom. The van der Waals surface area contributed by atoms with Crippen molar-refractivity contribution in [1.29, 1.82) is 0 Å². The smallest absolute Gasteiger partial charge is 0.340 e. The number of hydrogen-bond donors (Lipinski definition) is 2. The third-order valence-electron chi connectivity index (χ3n) is 4.92. The van der Waals surface area contributed by atoms with Crippen molar-refractivity contribution in [2.75, 3.05) is 17.3 Å². The maximum Gasteiger partial charge on any atom is 0.340 e. The summed E-state index contributed by atoms with van der Waals surface area (Å²) in [5.41, 5.74) is 9.77. The molecule has 1 amide bonds. The topological polar surface area (TPSA) is 123 Å². The maximum atomic E-state index is 12.6. The van der Waals surface area contributed by atoms with Crippen LogP contribution >= 0.6 is 0 Å². The Bertz CT molecular complexity index is 1030. The molecule has 2 aliphatic rings. The van der Waals surface area contributed by atoms with Gasteiger partial charge in [0.05, 0.1) is 24.6 Å². The molecule has 9 heteroatoms. The van der Waals surface area contributed by atoms with Gasteiger partial charge in [0.1, 0.15) is 0 Å². The van der Waals surface area contributed by atoms with Crippen LogP contribution in [-0.4, -0.2) is 34.2 Å². The SMILES string of the molecule is COC(=O)c1ccncc1NC(=O)c1ccc(N2C3=CCC(N)=C2CCC3)nn1. The number of anilines is 2. The summed E-state index contributed by atoms with van der Waals surface area (Å²) in [6.07, 6.45) is 8.59. The molecule has 148 valence electrons. The van der Waals surface area contributed by atoms with Gasteiger partial charge in [0.15, 0.2) is 11.5 Å². The van der Waals surface area contributed by atoms with E-state index in [1.807, 2.05) is 4.90 Å². The van der Waals surface area contributed by atoms with Crippen molar-refractivity contribution < 1.29 is 14.3 Å². The van der Waals surface area contributed by atoms with E-state index >= 15 is 0 Å². The molecular formula is C20H20N6O3. The summed E-state index contributed by atoms with van der Waals surface area (Å²) in [5, 5.41) is 10.9. The molecule has 1 saturated heterocycles. The minimum atomic E-state index is -0.570. The number of nitrogens with two attached hydrogens (primary N) is 1. The van der Waals surface area contributed by atoms with Crippen LogP contribution in [0.25, 0.3) is 0 Å². The number of nitrogens with one attached hydrogen (secondary N) is 1. The molecule has 2 bridgehead atoms. The number of aromatic nitrogens is 3. The third kappa shape index (κ3) is 3.54. The minimum Gasteiger partial charge on any atom is -0.465 e. The van der Waals surface area contributed by atoms with Crippen LogP contribution in [0.2, 0.25) is 0 Å². The molecule has 0 aliphatic carbocycles. The van der Waals surface area contributed by atoms with Gasteiger partial charge < -0.3 is 15.8 Å². The first-order valence-electron chi connectivity index (χ1n) is 9.22. The predicted octanol–water partition coefficient (Wildman–Crippen LogP) is 2.36. The highest BCUT2D eigenvalue weighted by Gasteiger charge is 2.28. The summed E-state index contributed by atoms with van der Waals surface area (Å²) in [5.74, 6) is -0.444. The van der Waals surface area contributed by atoms with Crippen LogP contribution in [0.1, 0.15) is 46.5 Å². The molecule has 0 radical (unpaired) electrons. The molecule has 0 spiro atoms. The van der Waals surface area contributed by atoms with Crippen molar-refractivity contribution in [3.8, 4) is 0 Å². The van der Waals surface area contributed by atoms with Gasteiger partial charge in [-0.3, -0.25) is 14.7 Å². The average Bonchev–Trinajstić information content (AvgIpc) is 2.76. The number of pyridine rings is 1. The van der Waals surface area contributed by atoms with Crippen molar-refractivity contribution in [1.82, 2.24) is 15.2 Å². The number of allylic oxidation sites excluding steroid dienone is 3. The molecule has 0 atom stereocenters. The molecule has 2 aromatic rings. The van der Waals surface area contributed by atoms with Crippen LogP contribution in [0.4, 0.5) is 11.5 Å². The zero-order chi connectivity index (χ0) is 20.4. The van der Waals surface area contributed by atoms with E-state index in [1.54, 1.807) is 12.1 Å². The molecule has 1 fully saturated rings. The first-order chi connectivity index (χ1) is 14.1. The van der Waals surface area contributed by atoms with Crippen LogP contribution in [0.15, 0.2) is 53.8 Å². The standard InChI is InChI=1S/C20H20N6O3/c1-29-20(28)13-9-10-22-11-16(13)23-19(27)15-7-8-18(25-24-15)26-12-3-2-4-17(26)14(21)6-5-12/h5,7-11H,2-4,6,21H2,1H3,(H,23,27). The molecule has 0 aromatic carbocycles. The number of carbonyl (C=O) groups is 2. The van der Waals surface area contributed by atoms with Crippen molar-refractivity contribution >= 4 is 23.4 Å². The highest BCUT2D eigenvalue weighted by molar-refractivity contribution is 6.06. The lowest BCUT2D eigenvalue weighted by Crippen LogP contribution is -2.32. The number of fused-ring (bicyclic) bond motifs is 2. The fraction of sp³-hybridized carbons (Fsp3) is 0.250. The van der Waals surface area contributed by atoms with Crippen LogP contribution in [0, 0.1) is 0 Å². The van der Waals surface area contributed by atoms with E-state index in [0.717, 1.165) is 42.8 Å². The molecular weight excluding hydrogens is 372 g/mol. The van der Waals surface area contributed by atoms with E-state index in [-0.39, 0.29) is 16.9 Å². The fourth-order valence-electron chi connectivity index (χ4n) is 3.50. The van der Waals surface area contributed by atoms with Crippen LogP contribution in [-0.2, 0) is 4.74 Å². The fourth-order valence-corrected chi connectivity index (χ4v) is 3.50. The number of carbonyl (C=O) groups excluding carboxylic acids is 2. The lowest BCUT2D eigenvalue weighted by atomic mass is 9.96. The van der Waals surface area contributed by atoms with Gasteiger partial charge in [0.25, 0.3) is 5.91 Å². The molecule has 4 heterocycles. The summed E-state index contributed by atoms with van der Waals surface area (Å²) in [7, 11) is 1.27. The van der Waals surface area contributed by atoms with Crippen LogP contribution in [0.5, 0.6) is 0 Å². The molecule has 4 rings (SSSR count). The summed E-state index contributed by atoms with van der Waals surface area (Å²) in [6.45, 7) is 0. The van der Waals surface area contributed by atoms with Crippen molar-refractivity contribution in [2.24, 2.45) is 5.73 Å². The van der Waals surface area contributed by atoms with E-state index in [9.17, 15) is 9.59 Å². The molecule has 29 heavy (non-hydrogen) atoms. The summed E-state index contributed by atoms with van der Waals surface area (Å²) < 4.78 is 4.72. The second-order valence-electron chi connectivity index (χ2n) is 6.70. The van der Waals surface area contributed by atoms with Gasteiger partial charge in [-0.25, -0.2) is 4.79 Å². The Morgan fingerprint density at radius 1 is 1.21 bits per heavy atom. The predicted molar refractivity (Wildman–Crippen MR) is 106 cm³/mol. The lowest BCUT2D eigenvalue weighted by Gasteiger charge is -2.36. The number of methoxy groups -OCH3 is 1. The van der Waals surface area contributed by atoms with E-state index in [2.05, 4.69) is 26.6 Å². The average molecular weight is 392 g/mol. The van der Waals surface area contributed by atoms with Crippen LogP contribution in [0.3, 0.4) is 0 Å². The Kier molecular flexibility index (Phi) is 4.94. The van der Waals surface area contributed by atoms with Gasteiger partial charge in [-0.15, -0.1) is 10.2 Å². The lowest BCUT2D eigenvalue weighted by molar-refractivity contribution is 0.0602. The van der Waals surface area contributed by atoms with Gasteiger partial charge in [-0.05, 0) is 37.5 Å². The Labute approximate surface area is 167 Å². The van der Waals surface area contributed by atoms with Gasteiger partial charge in [0, 0.05) is 29.7 Å². The van der Waals surface area contributed by atoms with E-state index in [4.69, 9.17) is 10.5 Å². The van der Waals surface area contributed by atoms with E-state index in [1.165, 1.54) is 25.6 Å². The third-order valence-corrected chi connectivity index (χ3v) is 4.92. The Morgan fingerprint density at radius 2 is 2.07 bits per heavy atom. The number of hydrogen-bond acceptors (Lipinski definition) is 8. The first-order valence-corrected chi connectivity index (χ1v) is 9.22. The highest BCUT2D eigenvalue weighted by atomic mass is 16.5. The highest BCUT2D eigenvalue weighted by Crippen LogP contribution is 2.37. The number of ether oxygens (including phenoxy) is 1. The zero-order valence-corrected chi connectivity index (χ0v) is 15.9. The van der Waals surface area contributed by atoms with Crippen molar-refractivity contribution in [3.05, 3.63) is 65.0 Å². The first kappa shape index (κ1) is 18.6. The van der Waals surface area contributed by atoms with Crippen molar-refractivity contribution in [3.63, 3.8) is 0 Å². The molecule has 2 aromatic heterocycles. The van der Waals surface area contributed by atoms with Gasteiger partial charge in [-0.1, -0.05) is 6.08 Å². The Hall–Kier alpha value is -3.75. The number of esters is 1. The number of rotatable bonds is 4. The summed E-state index contributed by atoms with van der Waals surface area (Å²) in [6, 6.07) is 4.80. The summed E-state index contributed by atoms with van der Waals surface area (Å²) >= 11 is 0. The minimum absolute atomic E-state index is 0.117. The molecule has 9 nitrogen and oxygen atoms in total. The summed E-state index contributed by atoms with van der Waals surface area (Å²) in [4.78, 5) is 30.4. The van der Waals surface area contributed by atoms with Gasteiger partial charge in [-0.2, -0.15) is 0 Å². The quantitative estimate of drug-likeness (QED) is 0.760. The van der Waals surface area contributed by atoms with Gasteiger partial charge in [0.2, 0.25) is 0 Å². The normalized spacial score (nSPS) is 15.6. The largest absolute Gasteiger partial charge is 0.465 e. The second kappa shape index (κ2) is 7.70. The van der Waals surface area contributed by atoms with E-state index < -0.39 is 11.9 Å². The van der Waals surface area contributed by atoms with Crippen LogP contribution < -0.4 is 16.0 Å². The Balaban J connectivity index is 1.55. The monoisotopic (exact) mass is 392 g/mol. The molecule has 2 aliphatic heterocycles. The number of nitrogens with zero attached hydrogens (tertiary/aromatic N) is 4. The molecule has 3 N–H and O–H groups in total. The number of piperidine rings is 1.